The first-order valence-electron chi connectivity index (χ1n) is 8.55. The highest BCUT2D eigenvalue weighted by Gasteiger charge is 2.36. The van der Waals surface area contributed by atoms with Crippen molar-refractivity contribution in [2.45, 2.75) is 44.2 Å². The number of benzene rings is 1. The molecule has 3 unspecified atom stereocenters. The highest BCUT2D eigenvalue weighted by molar-refractivity contribution is 5.77. The Bertz CT molecular complexity index is 590. The minimum atomic E-state index is -0.709. The van der Waals surface area contributed by atoms with E-state index in [1.54, 1.807) is 0 Å². The van der Waals surface area contributed by atoms with E-state index in [9.17, 15) is 18.7 Å². The van der Waals surface area contributed by atoms with Gasteiger partial charge in [0.1, 0.15) is 11.6 Å². The van der Waals surface area contributed by atoms with Crippen LogP contribution in [0.15, 0.2) is 18.2 Å². The van der Waals surface area contributed by atoms with Crippen LogP contribution in [0.1, 0.15) is 43.7 Å². The first-order valence-corrected chi connectivity index (χ1v) is 8.55. The fraction of sp³-hybridized carbons (Fsp3) is 0.611. The Morgan fingerprint density at radius 2 is 2.21 bits per heavy atom. The van der Waals surface area contributed by atoms with Crippen LogP contribution in [0.5, 0.6) is 0 Å². The molecule has 6 heteroatoms. The third-order valence-electron chi connectivity index (χ3n) is 4.94. The summed E-state index contributed by atoms with van der Waals surface area (Å²) in [7, 11) is 0. The number of rotatable bonds is 4. The van der Waals surface area contributed by atoms with Crippen molar-refractivity contribution in [1.29, 1.82) is 0 Å². The molecular weight excluding hydrogens is 316 g/mol. The van der Waals surface area contributed by atoms with Gasteiger partial charge in [-0.25, -0.2) is 8.78 Å². The Morgan fingerprint density at radius 3 is 2.96 bits per heavy atom. The summed E-state index contributed by atoms with van der Waals surface area (Å²) in [6.07, 6.45) is 2.66. The molecule has 0 bridgehead atoms. The van der Waals surface area contributed by atoms with Crippen molar-refractivity contribution >= 4 is 5.91 Å². The van der Waals surface area contributed by atoms with Crippen LogP contribution >= 0.6 is 0 Å². The van der Waals surface area contributed by atoms with E-state index in [2.05, 4.69) is 0 Å². The molecule has 4 nitrogen and oxygen atoms in total. The van der Waals surface area contributed by atoms with Crippen molar-refractivity contribution in [3.63, 3.8) is 0 Å². The van der Waals surface area contributed by atoms with Gasteiger partial charge in [0, 0.05) is 31.7 Å². The van der Waals surface area contributed by atoms with E-state index in [1.807, 2.05) is 0 Å². The van der Waals surface area contributed by atoms with Gasteiger partial charge in [-0.1, -0.05) is 0 Å². The monoisotopic (exact) mass is 339 g/mol. The summed E-state index contributed by atoms with van der Waals surface area (Å²) in [6, 6.07) is 2.63. The van der Waals surface area contributed by atoms with Gasteiger partial charge >= 0.3 is 0 Å². The molecule has 1 N–H and O–H groups in total. The van der Waals surface area contributed by atoms with Crippen LogP contribution in [0.25, 0.3) is 0 Å². The number of aliphatic hydroxyl groups excluding tert-OH is 1. The average molecular weight is 339 g/mol. The van der Waals surface area contributed by atoms with E-state index in [0.29, 0.717) is 18.9 Å². The van der Waals surface area contributed by atoms with Gasteiger partial charge in [0.25, 0.3) is 0 Å². The topological polar surface area (TPSA) is 49.8 Å². The van der Waals surface area contributed by atoms with Crippen LogP contribution < -0.4 is 0 Å². The molecule has 0 aliphatic carbocycles. The number of hydrogen-bond donors (Lipinski definition) is 1. The lowest BCUT2D eigenvalue weighted by molar-refractivity contribution is -0.133. The van der Waals surface area contributed by atoms with E-state index in [1.165, 1.54) is 4.90 Å². The van der Waals surface area contributed by atoms with Crippen LogP contribution in [-0.4, -0.2) is 41.8 Å². The van der Waals surface area contributed by atoms with Crippen molar-refractivity contribution in [2.75, 3.05) is 19.8 Å². The summed E-state index contributed by atoms with van der Waals surface area (Å²) in [4.78, 5) is 14.1. The molecule has 2 aliphatic heterocycles. The van der Waals surface area contributed by atoms with Crippen molar-refractivity contribution in [2.24, 2.45) is 5.92 Å². The first-order chi connectivity index (χ1) is 11.5. The fourth-order valence-electron chi connectivity index (χ4n) is 3.66. The van der Waals surface area contributed by atoms with Gasteiger partial charge in [0.15, 0.2) is 0 Å². The lowest BCUT2D eigenvalue weighted by Gasteiger charge is -2.27. The summed E-state index contributed by atoms with van der Waals surface area (Å²) in [5, 5.41) is 9.93. The minimum Gasteiger partial charge on any atom is -0.391 e. The van der Waals surface area contributed by atoms with Gasteiger partial charge in [0.2, 0.25) is 5.91 Å². The summed E-state index contributed by atoms with van der Waals surface area (Å²) in [6.45, 7) is 1.63. The summed E-state index contributed by atoms with van der Waals surface area (Å²) in [5.74, 6) is -0.834. The maximum absolute atomic E-state index is 14.1. The zero-order chi connectivity index (χ0) is 17.1. The number of hydrogen-bond acceptors (Lipinski definition) is 3. The third-order valence-corrected chi connectivity index (χ3v) is 4.94. The molecular formula is C18H23F2NO3. The molecule has 3 rings (SSSR count). The maximum Gasteiger partial charge on any atom is 0.223 e. The standard InChI is InChI=1S/C18H23F2NO3/c19-13-4-5-16(20)15(8-13)17-9-14(22)10-21(17)18(23)6-3-12-2-1-7-24-11-12/h4-5,8,12,14,17,22H,1-3,6-7,9-11H2. The number of nitrogens with zero attached hydrogens (tertiary/aromatic N) is 1. The van der Waals surface area contributed by atoms with Crippen molar-refractivity contribution in [1.82, 2.24) is 4.90 Å². The smallest absolute Gasteiger partial charge is 0.223 e. The Morgan fingerprint density at radius 1 is 1.38 bits per heavy atom. The van der Waals surface area contributed by atoms with Gasteiger partial charge in [-0.05, 0) is 49.8 Å². The van der Waals surface area contributed by atoms with Crippen LogP contribution in [0.2, 0.25) is 0 Å². The van der Waals surface area contributed by atoms with Crippen LogP contribution in [0.4, 0.5) is 8.78 Å². The van der Waals surface area contributed by atoms with Crippen molar-refractivity contribution in [3.05, 3.63) is 35.4 Å². The Balaban J connectivity index is 1.68. The van der Waals surface area contributed by atoms with Gasteiger partial charge < -0.3 is 14.7 Å². The number of aliphatic hydroxyl groups is 1. The van der Waals surface area contributed by atoms with E-state index < -0.39 is 23.8 Å². The second-order valence-corrected chi connectivity index (χ2v) is 6.74. The normalized spacial score (nSPS) is 27.5. The molecule has 0 saturated carbocycles. The SMILES string of the molecule is O=C(CCC1CCCOC1)N1CC(O)CC1c1cc(F)ccc1F. The highest BCUT2D eigenvalue weighted by Crippen LogP contribution is 2.35. The zero-order valence-electron chi connectivity index (χ0n) is 13.6. The summed E-state index contributed by atoms with van der Waals surface area (Å²) < 4.78 is 32.9. The molecule has 3 atom stereocenters. The molecule has 0 aromatic heterocycles. The molecule has 24 heavy (non-hydrogen) atoms. The van der Waals surface area contributed by atoms with Crippen LogP contribution in [0, 0.1) is 17.6 Å². The molecule has 2 saturated heterocycles. The van der Waals surface area contributed by atoms with Crippen molar-refractivity contribution < 1.29 is 23.4 Å². The van der Waals surface area contributed by atoms with Crippen molar-refractivity contribution in [3.8, 4) is 0 Å². The van der Waals surface area contributed by atoms with Gasteiger partial charge in [-0.3, -0.25) is 4.79 Å². The molecule has 1 amide bonds. The van der Waals surface area contributed by atoms with Gasteiger partial charge in [-0.15, -0.1) is 0 Å². The number of halogens is 2. The lowest BCUT2D eigenvalue weighted by Crippen LogP contribution is -2.32. The Labute approximate surface area is 140 Å². The molecule has 1 aromatic carbocycles. The molecule has 0 spiro atoms. The predicted octanol–water partition coefficient (Wildman–Crippen LogP) is 2.81. The quantitative estimate of drug-likeness (QED) is 0.918. The van der Waals surface area contributed by atoms with E-state index in [4.69, 9.17) is 4.74 Å². The number of carbonyl (C=O) groups excluding carboxylic acids is 1. The molecule has 2 heterocycles. The highest BCUT2D eigenvalue weighted by atomic mass is 19.1. The van der Waals surface area contributed by atoms with Crippen LogP contribution in [0.3, 0.4) is 0 Å². The zero-order valence-corrected chi connectivity index (χ0v) is 13.6. The number of β-amino-alcohol motifs (C(OH)–C–C–N with tert-alkyl or cyclic N) is 1. The maximum atomic E-state index is 14.1. The molecule has 132 valence electrons. The Hall–Kier alpha value is -1.53. The largest absolute Gasteiger partial charge is 0.391 e. The van der Waals surface area contributed by atoms with E-state index >= 15 is 0 Å². The van der Waals surface area contributed by atoms with E-state index in [0.717, 1.165) is 44.1 Å². The molecule has 0 radical (unpaired) electrons. The van der Waals surface area contributed by atoms with Crippen LogP contribution in [-0.2, 0) is 9.53 Å². The molecule has 2 fully saturated rings. The second-order valence-electron chi connectivity index (χ2n) is 6.74. The van der Waals surface area contributed by atoms with Gasteiger partial charge in [-0.2, -0.15) is 0 Å². The predicted molar refractivity (Wildman–Crippen MR) is 84.2 cm³/mol. The molecule has 2 aliphatic rings. The summed E-state index contributed by atoms with van der Waals surface area (Å²) >= 11 is 0. The number of amides is 1. The molecule has 1 aromatic rings. The third kappa shape index (κ3) is 3.92. The van der Waals surface area contributed by atoms with Gasteiger partial charge in [0.05, 0.1) is 12.1 Å². The van der Waals surface area contributed by atoms with E-state index in [-0.39, 0.29) is 24.4 Å². The number of likely N-dealkylation sites (tertiary alicyclic amines) is 1. The Kier molecular flexibility index (Phi) is 5.46. The number of ether oxygens (including phenoxy) is 1. The summed E-state index contributed by atoms with van der Waals surface area (Å²) in [5.41, 5.74) is 0.140. The second kappa shape index (κ2) is 7.57. The number of carbonyl (C=O) groups is 1. The fourth-order valence-corrected chi connectivity index (χ4v) is 3.66. The lowest BCUT2D eigenvalue weighted by atomic mass is 9.96. The first kappa shape index (κ1) is 17.3. The minimum absolute atomic E-state index is 0.120. The average Bonchev–Trinajstić information content (AvgIpc) is 2.97.